The number of ether oxygens (including phenoxy) is 2. The molecule has 0 aliphatic carbocycles. The van der Waals surface area contributed by atoms with Crippen molar-refractivity contribution in [2.45, 2.75) is 12.1 Å². The van der Waals surface area contributed by atoms with Gasteiger partial charge in [0.25, 0.3) is 0 Å². The van der Waals surface area contributed by atoms with E-state index in [4.69, 9.17) is 9.47 Å². The number of aromatic nitrogens is 3. The predicted octanol–water partition coefficient (Wildman–Crippen LogP) is 6.37. The molecule has 33 heavy (non-hydrogen) atoms. The summed E-state index contributed by atoms with van der Waals surface area (Å²) in [6.45, 7) is 0. The number of benzene rings is 3. The highest BCUT2D eigenvalue weighted by Gasteiger charge is 2.41. The van der Waals surface area contributed by atoms with Crippen molar-refractivity contribution in [1.29, 1.82) is 0 Å². The summed E-state index contributed by atoms with van der Waals surface area (Å²) in [6, 6.07) is 22.2. The van der Waals surface area contributed by atoms with Gasteiger partial charge >= 0.3 is 0 Å². The summed E-state index contributed by atoms with van der Waals surface area (Å²) < 4.78 is 15.9. The van der Waals surface area contributed by atoms with Gasteiger partial charge in [-0.2, -0.15) is 10.1 Å². The third kappa shape index (κ3) is 3.36. The van der Waals surface area contributed by atoms with E-state index >= 15 is 0 Å². The number of hydrogen-bond donors (Lipinski definition) is 1. The summed E-state index contributed by atoms with van der Waals surface area (Å²) >= 11 is 7.27. The Labute approximate surface area is 207 Å². The zero-order valence-corrected chi connectivity index (χ0v) is 20.7. The standard InChI is InChI=1S/C25H18Br2N4O2/c1-32-20-10-9-14(12-18(20)27)23-21-22(30-25-28-13-29-31(23)25)17-7-2-3-8-19(17)33-24(21)15-5-4-6-16(26)11-15/h2-13,23-24H,1H3,(H,28,29,30). The van der Waals surface area contributed by atoms with Crippen LogP contribution in [0.2, 0.25) is 0 Å². The van der Waals surface area contributed by atoms with Gasteiger partial charge in [-0.25, -0.2) is 4.68 Å². The average molecular weight is 566 g/mol. The largest absolute Gasteiger partial charge is 0.496 e. The van der Waals surface area contributed by atoms with Crippen LogP contribution in [0.15, 0.2) is 87.6 Å². The van der Waals surface area contributed by atoms with Crippen LogP contribution in [0.4, 0.5) is 5.95 Å². The molecular formula is C25H18Br2N4O2. The summed E-state index contributed by atoms with van der Waals surface area (Å²) in [5.41, 5.74) is 5.17. The number of methoxy groups -OCH3 is 1. The minimum atomic E-state index is -0.317. The van der Waals surface area contributed by atoms with Gasteiger partial charge in [0, 0.05) is 15.6 Å². The third-order valence-corrected chi connectivity index (χ3v) is 7.08. The lowest BCUT2D eigenvalue weighted by atomic mass is 9.84. The van der Waals surface area contributed by atoms with E-state index in [0.29, 0.717) is 5.95 Å². The number of nitrogens with one attached hydrogen (secondary N) is 1. The zero-order chi connectivity index (χ0) is 22.5. The molecule has 0 bridgehead atoms. The van der Waals surface area contributed by atoms with Crippen molar-refractivity contribution in [3.8, 4) is 11.5 Å². The maximum Gasteiger partial charge on any atom is 0.226 e. The molecule has 6 rings (SSSR count). The molecule has 4 aromatic rings. The molecule has 1 aromatic heterocycles. The predicted molar refractivity (Wildman–Crippen MR) is 133 cm³/mol. The van der Waals surface area contributed by atoms with Crippen LogP contribution in [0.5, 0.6) is 11.5 Å². The number of anilines is 1. The maximum atomic E-state index is 6.64. The summed E-state index contributed by atoms with van der Waals surface area (Å²) in [7, 11) is 1.66. The second-order valence-electron chi connectivity index (χ2n) is 7.83. The van der Waals surface area contributed by atoms with Gasteiger partial charge in [0.15, 0.2) is 0 Å². The first-order chi connectivity index (χ1) is 16.1. The van der Waals surface area contributed by atoms with E-state index in [0.717, 1.165) is 48.4 Å². The zero-order valence-electron chi connectivity index (χ0n) is 17.5. The molecule has 0 spiro atoms. The molecule has 2 aliphatic heterocycles. The quantitative estimate of drug-likeness (QED) is 0.313. The van der Waals surface area contributed by atoms with E-state index in [-0.39, 0.29) is 12.1 Å². The normalized spacial score (nSPS) is 18.5. The van der Waals surface area contributed by atoms with Crippen molar-refractivity contribution in [2.75, 3.05) is 12.4 Å². The third-order valence-electron chi connectivity index (χ3n) is 5.96. The Balaban J connectivity index is 1.62. The summed E-state index contributed by atoms with van der Waals surface area (Å²) in [5.74, 6) is 2.29. The second kappa shape index (κ2) is 8.04. The Kier molecular flexibility index (Phi) is 4.99. The van der Waals surface area contributed by atoms with Crippen molar-refractivity contribution >= 4 is 43.5 Å². The molecule has 2 atom stereocenters. The number of para-hydroxylation sites is 1. The van der Waals surface area contributed by atoms with Gasteiger partial charge in [-0.1, -0.05) is 46.3 Å². The molecule has 0 fully saturated rings. The highest BCUT2D eigenvalue weighted by Crippen LogP contribution is 2.51. The number of halogens is 2. The number of fused-ring (bicyclic) bond motifs is 3. The van der Waals surface area contributed by atoms with E-state index in [1.807, 2.05) is 41.1 Å². The first-order valence-corrected chi connectivity index (χ1v) is 12.0. The Hall–Kier alpha value is -3.10. The molecule has 3 heterocycles. The molecule has 0 saturated heterocycles. The highest BCUT2D eigenvalue weighted by molar-refractivity contribution is 9.10. The maximum absolute atomic E-state index is 6.64. The molecular weight excluding hydrogens is 548 g/mol. The second-order valence-corrected chi connectivity index (χ2v) is 9.60. The van der Waals surface area contributed by atoms with Gasteiger partial charge in [0.05, 0.1) is 17.3 Å². The van der Waals surface area contributed by atoms with Crippen molar-refractivity contribution in [1.82, 2.24) is 14.8 Å². The fourth-order valence-electron chi connectivity index (χ4n) is 4.54. The lowest BCUT2D eigenvalue weighted by Gasteiger charge is -2.39. The lowest BCUT2D eigenvalue weighted by molar-refractivity contribution is 0.223. The Morgan fingerprint density at radius 1 is 1.00 bits per heavy atom. The van der Waals surface area contributed by atoms with Gasteiger partial charge in [-0.15, -0.1) is 0 Å². The number of hydrogen-bond acceptors (Lipinski definition) is 5. The Morgan fingerprint density at radius 2 is 1.88 bits per heavy atom. The molecule has 3 aromatic carbocycles. The summed E-state index contributed by atoms with van der Waals surface area (Å²) in [6.07, 6.45) is 1.26. The molecule has 2 aliphatic rings. The molecule has 0 amide bonds. The topological polar surface area (TPSA) is 61.2 Å². The van der Waals surface area contributed by atoms with Crippen LogP contribution in [0.25, 0.3) is 5.70 Å². The van der Waals surface area contributed by atoms with E-state index in [1.165, 1.54) is 0 Å². The molecule has 164 valence electrons. The van der Waals surface area contributed by atoms with Crippen LogP contribution in [0.3, 0.4) is 0 Å². The number of rotatable bonds is 3. The van der Waals surface area contributed by atoms with Gasteiger partial charge in [-0.05, 0) is 63.5 Å². The van der Waals surface area contributed by atoms with Gasteiger partial charge in [0.1, 0.15) is 30.0 Å². The van der Waals surface area contributed by atoms with Crippen LogP contribution in [-0.4, -0.2) is 21.9 Å². The van der Waals surface area contributed by atoms with Crippen molar-refractivity contribution in [3.05, 3.63) is 104 Å². The Morgan fingerprint density at radius 3 is 2.70 bits per heavy atom. The van der Waals surface area contributed by atoms with Crippen molar-refractivity contribution in [3.63, 3.8) is 0 Å². The van der Waals surface area contributed by atoms with Crippen LogP contribution in [0.1, 0.15) is 28.8 Å². The van der Waals surface area contributed by atoms with E-state index in [9.17, 15) is 0 Å². The molecule has 6 nitrogen and oxygen atoms in total. The van der Waals surface area contributed by atoms with Crippen LogP contribution < -0.4 is 14.8 Å². The van der Waals surface area contributed by atoms with Crippen molar-refractivity contribution in [2.24, 2.45) is 0 Å². The van der Waals surface area contributed by atoms with E-state index in [1.54, 1.807) is 13.4 Å². The summed E-state index contributed by atoms with van der Waals surface area (Å²) in [4.78, 5) is 4.49. The number of nitrogens with zero attached hydrogens (tertiary/aromatic N) is 3. The fourth-order valence-corrected chi connectivity index (χ4v) is 5.51. The fraction of sp³-hybridized carbons (Fsp3) is 0.120. The lowest BCUT2D eigenvalue weighted by Crippen LogP contribution is -2.32. The minimum absolute atomic E-state index is 0.224. The monoisotopic (exact) mass is 564 g/mol. The van der Waals surface area contributed by atoms with Crippen LogP contribution in [0, 0.1) is 0 Å². The first kappa shape index (κ1) is 20.5. The smallest absolute Gasteiger partial charge is 0.226 e. The first-order valence-electron chi connectivity index (χ1n) is 10.4. The van der Waals surface area contributed by atoms with Gasteiger partial charge in [0.2, 0.25) is 5.95 Å². The van der Waals surface area contributed by atoms with Crippen LogP contribution in [-0.2, 0) is 0 Å². The highest BCUT2D eigenvalue weighted by atomic mass is 79.9. The van der Waals surface area contributed by atoms with Crippen molar-refractivity contribution < 1.29 is 9.47 Å². The molecule has 8 heteroatoms. The minimum Gasteiger partial charge on any atom is -0.496 e. The average Bonchev–Trinajstić information content (AvgIpc) is 3.30. The van der Waals surface area contributed by atoms with E-state index < -0.39 is 0 Å². The molecule has 0 radical (unpaired) electrons. The summed E-state index contributed by atoms with van der Waals surface area (Å²) in [5, 5.41) is 8.10. The van der Waals surface area contributed by atoms with Crippen LogP contribution >= 0.6 is 31.9 Å². The van der Waals surface area contributed by atoms with Gasteiger partial charge < -0.3 is 14.8 Å². The van der Waals surface area contributed by atoms with Gasteiger partial charge in [-0.3, -0.25) is 0 Å². The molecule has 2 unspecified atom stereocenters. The van der Waals surface area contributed by atoms with E-state index in [2.05, 4.69) is 77.6 Å². The molecule has 0 saturated carbocycles. The Bertz CT molecular complexity index is 1420. The molecule has 1 N–H and O–H groups in total. The SMILES string of the molecule is COc1ccc(C2C3=C(Nc4ncnn42)c2ccccc2OC3c2cccc(Br)c2)cc1Br.